The van der Waals surface area contributed by atoms with Crippen LogP contribution in [0, 0.1) is 11.6 Å². The number of furan rings is 1. The van der Waals surface area contributed by atoms with E-state index in [1.165, 1.54) is 0 Å². The third-order valence-electron chi connectivity index (χ3n) is 4.90. The van der Waals surface area contributed by atoms with E-state index in [9.17, 15) is 8.78 Å². The van der Waals surface area contributed by atoms with E-state index in [0.29, 0.717) is 29.4 Å². The summed E-state index contributed by atoms with van der Waals surface area (Å²) in [5, 5.41) is 1.13. The maximum absolute atomic E-state index is 14.8. The highest BCUT2D eigenvalue weighted by Gasteiger charge is 2.22. The lowest BCUT2D eigenvalue weighted by molar-refractivity contribution is 0.201. The quantitative estimate of drug-likeness (QED) is 0.622. The highest BCUT2D eigenvalue weighted by Crippen LogP contribution is 2.37. The Labute approximate surface area is 144 Å². The van der Waals surface area contributed by atoms with Gasteiger partial charge in [0.15, 0.2) is 22.7 Å². The maximum atomic E-state index is 14.8. The molecule has 132 valence electrons. The van der Waals surface area contributed by atoms with Crippen molar-refractivity contribution in [1.29, 1.82) is 0 Å². The predicted molar refractivity (Wildman–Crippen MR) is 92.1 cm³/mol. The van der Waals surface area contributed by atoms with Crippen LogP contribution in [0.1, 0.15) is 31.2 Å². The minimum absolute atomic E-state index is 0.0493. The Kier molecular flexibility index (Phi) is 4.34. The minimum Gasteiger partial charge on any atom is -0.487 e. The zero-order valence-corrected chi connectivity index (χ0v) is 14.1. The van der Waals surface area contributed by atoms with Crippen LogP contribution in [0.5, 0.6) is 5.75 Å². The molecule has 4 rings (SSSR count). The second-order valence-corrected chi connectivity index (χ2v) is 6.54. The number of methoxy groups -OCH3 is 1. The van der Waals surface area contributed by atoms with E-state index in [1.807, 2.05) is 0 Å². The molecule has 0 radical (unpaired) electrons. The molecule has 1 aliphatic carbocycles. The second kappa shape index (κ2) is 6.64. The van der Waals surface area contributed by atoms with Crippen molar-refractivity contribution in [2.24, 2.45) is 0 Å². The van der Waals surface area contributed by atoms with Crippen molar-refractivity contribution in [2.75, 3.05) is 13.7 Å². The van der Waals surface area contributed by atoms with Crippen LogP contribution >= 0.6 is 0 Å². The molecular weight excluding hydrogens is 326 g/mol. The number of hydrogen-bond donors (Lipinski definition) is 0. The normalized spacial score (nSPS) is 15.5. The lowest BCUT2D eigenvalue weighted by atomic mass is 10.1. The number of rotatable bonds is 5. The minimum atomic E-state index is -0.557. The van der Waals surface area contributed by atoms with Gasteiger partial charge in [0, 0.05) is 17.9 Å². The average Bonchev–Trinajstić information content (AvgIpc) is 3.25. The predicted octanol–water partition coefficient (Wildman–Crippen LogP) is 5.37. The van der Waals surface area contributed by atoms with Gasteiger partial charge in [-0.05, 0) is 55.9 Å². The summed E-state index contributed by atoms with van der Waals surface area (Å²) in [5.41, 5.74) is 0.630. The van der Waals surface area contributed by atoms with Gasteiger partial charge in [-0.15, -0.1) is 0 Å². The van der Waals surface area contributed by atoms with Crippen molar-refractivity contribution < 1.29 is 22.7 Å². The van der Waals surface area contributed by atoms with Gasteiger partial charge in [0.1, 0.15) is 0 Å². The maximum Gasteiger partial charge on any atom is 0.208 e. The molecule has 5 heteroatoms. The summed E-state index contributed by atoms with van der Waals surface area (Å²) in [7, 11) is 1.57. The topological polar surface area (TPSA) is 31.6 Å². The van der Waals surface area contributed by atoms with Crippen LogP contribution in [-0.2, 0) is 11.2 Å². The fourth-order valence-electron chi connectivity index (χ4n) is 3.54. The molecule has 0 atom stereocenters. The summed E-state index contributed by atoms with van der Waals surface area (Å²) < 4.78 is 45.9. The third kappa shape index (κ3) is 2.86. The first-order chi connectivity index (χ1) is 12.2. The van der Waals surface area contributed by atoms with Gasteiger partial charge in [-0.25, -0.2) is 4.39 Å². The van der Waals surface area contributed by atoms with Gasteiger partial charge >= 0.3 is 0 Å². The molecule has 3 aromatic rings. The van der Waals surface area contributed by atoms with Crippen LogP contribution in [0.4, 0.5) is 8.78 Å². The largest absolute Gasteiger partial charge is 0.487 e. The van der Waals surface area contributed by atoms with Crippen LogP contribution in [0.25, 0.3) is 21.9 Å². The fourth-order valence-corrected chi connectivity index (χ4v) is 3.54. The first-order valence-electron chi connectivity index (χ1n) is 8.66. The molecule has 0 N–H and O–H groups in total. The highest BCUT2D eigenvalue weighted by molar-refractivity contribution is 6.05. The van der Waals surface area contributed by atoms with Gasteiger partial charge in [-0.3, -0.25) is 0 Å². The number of fused-ring (bicyclic) bond motifs is 3. The van der Waals surface area contributed by atoms with Crippen molar-refractivity contribution in [3.8, 4) is 5.75 Å². The Morgan fingerprint density at radius 3 is 2.40 bits per heavy atom. The van der Waals surface area contributed by atoms with Crippen LogP contribution in [0.3, 0.4) is 0 Å². The summed E-state index contributed by atoms with van der Waals surface area (Å²) >= 11 is 0. The molecule has 3 nitrogen and oxygen atoms in total. The van der Waals surface area contributed by atoms with E-state index in [0.717, 1.165) is 25.7 Å². The SMILES string of the molecule is COCCc1ccc2c(oc3c(F)c(OC4CCCC4)ccc32)c1F. The summed E-state index contributed by atoms with van der Waals surface area (Å²) in [6.07, 6.45) is 4.58. The van der Waals surface area contributed by atoms with E-state index < -0.39 is 11.6 Å². The van der Waals surface area contributed by atoms with Crippen molar-refractivity contribution in [3.63, 3.8) is 0 Å². The highest BCUT2D eigenvalue weighted by atomic mass is 19.1. The van der Waals surface area contributed by atoms with Gasteiger partial charge in [0.2, 0.25) is 5.82 Å². The zero-order valence-electron chi connectivity index (χ0n) is 14.1. The first kappa shape index (κ1) is 16.3. The average molecular weight is 346 g/mol. The fraction of sp³-hybridized carbons (Fsp3) is 0.400. The molecule has 0 unspecified atom stereocenters. The van der Waals surface area contributed by atoms with Crippen LogP contribution < -0.4 is 4.74 Å². The van der Waals surface area contributed by atoms with Gasteiger partial charge < -0.3 is 13.9 Å². The Balaban J connectivity index is 1.78. The molecule has 2 aromatic carbocycles. The lowest BCUT2D eigenvalue weighted by Crippen LogP contribution is -2.11. The smallest absolute Gasteiger partial charge is 0.208 e. The molecule has 1 aromatic heterocycles. The van der Waals surface area contributed by atoms with Crippen LogP contribution in [0.2, 0.25) is 0 Å². The van der Waals surface area contributed by atoms with Gasteiger partial charge in [-0.2, -0.15) is 4.39 Å². The number of hydrogen-bond acceptors (Lipinski definition) is 3. The number of halogens is 2. The molecule has 0 spiro atoms. The molecular formula is C20H20F2O3. The van der Waals surface area contributed by atoms with Crippen molar-refractivity contribution in [2.45, 2.75) is 38.2 Å². The molecule has 0 saturated heterocycles. The van der Waals surface area contributed by atoms with E-state index in [4.69, 9.17) is 13.9 Å². The molecule has 0 aliphatic heterocycles. The standard InChI is InChI=1S/C20H20F2O3/c1-23-11-10-12-6-7-14-15-8-9-16(24-13-4-2-3-5-13)18(22)20(15)25-19(14)17(12)21/h6-9,13H,2-5,10-11H2,1H3. The van der Waals surface area contributed by atoms with Crippen LogP contribution in [-0.4, -0.2) is 19.8 Å². The molecule has 1 fully saturated rings. The summed E-state index contributed by atoms with van der Waals surface area (Å²) in [6, 6.07) is 6.82. The summed E-state index contributed by atoms with van der Waals surface area (Å²) in [5.74, 6) is -0.833. The van der Waals surface area contributed by atoms with E-state index in [-0.39, 0.29) is 23.0 Å². The van der Waals surface area contributed by atoms with Crippen LogP contribution in [0.15, 0.2) is 28.7 Å². The molecule has 1 heterocycles. The van der Waals surface area contributed by atoms with E-state index in [1.54, 1.807) is 31.4 Å². The first-order valence-corrected chi connectivity index (χ1v) is 8.66. The molecule has 0 amide bonds. The monoisotopic (exact) mass is 346 g/mol. The number of ether oxygens (including phenoxy) is 2. The van der Waals surface area contributed by atoms with Gasteiger partial charge in [0.25, 0.3) is 0 Å². The number of benzene rings is 2. The van der Waals surface area contributed by atoms with Gasteiger partial charge in [-0.1, -0.05) is 6.07 Å². The lowest BCUT2D eigenvalue weighted by Gasteiger charge is -2.13. The van der Waals surface area contributed by atoms with Crippen molar-refractivity contribution in [1.82, 2.24) is 0 Å². The zero-order chi connectivity index (χ0) is 17.4. The Hall–Kier alpha value is -2.14. The van der Waals surface area contributed by atoms with E-state index >= 15 is 0 Å². The van der Waals surface area contributed by atoms with Crippen molar-refractivity contribution in [3.05, 3.63) is 41.5 Å². The Morgan fingerprint density at radius 2 is 1.68 bits per heavy atom. The van der Waals surface area contributed by atoms with Gasteiger partial charge in [0.05, 0.1) is 12.7 Å². The summed E-state index contributed by atoms with van der Waals surface area (Å²) in [6.45, 7) is 0.413. The second-order valence-electron chi connectivity index (χ2n) is 6.54. The Bertz CT molecular complexity index is 910. The molecule has 1 aliphatic rings. The Morgan fingerprint density at radius 1 is 1.00 bits per heavy atom. The molecule has 0 bridgehead atoms. The van der Waals surface area contributed by atoms with E-state index in [2.05, 4.69) is 0 Å². The molecule has 1 saturated carbocycles. The third-order valence-corrected chi connectivity index (χ3v) is 4.90. The molecule has 25 heavy (non-hydrogen) atoms. The van der Waals surface area contributed by atoms with Crippen molar-refractivity contribution >= 4 is 21.9 Å². The summed E-state index contributed by atoms with van der Waals surface area (Å²) in [4.78, 5) is 0.